The first-order valence-corrected chi connectivity index (χ1v) is 6.03. The minimum Gasteiger partial charge on any atom is -0.480 e. The summed E-state index contributed by atoms with van der Waals surface area (Å²) >= 11 is 0. The smallest absolute Gasteiger partial charge is 0.335 e. The van der Waals surface area contributed by atoms with Crippen LogP contribution in [0, 0.1) is 0 Å². The van der Waals surface area contributed by atoms with E-state index in [0.29, 0.717) is 0 Å². The molecule has 0 saturated carbocycles. The highest BCUT2D eigenvalue weighted by Crippen LogP contribution is 2.20. The number of carboxylic acids is 2. The maximum absolute atomic E-state index is 12.3. The van der Waals surface area contributed by atoms with Gasteiger partial charge in [-0.05, 0) is 24.6 Å². The molecule has 4 N–H and O–H groups in total. The lowest BCUT2D eigenvalue weighted by atomic mass is 10.1. The maximum atomic E-state index is 12.3. The Morgan fingerprint density at radius 2 is 1.85 bits per heavy atom. The molecule has 2 rings (SSSR count). The van der Waals surface area contributed by atoms with Gasteiger partial charge in [0.15, 0.2) is 0 Å². The topological polar surface area (TPSA) is 121 Å². The normalized spacial score (nSPS) is 21.8. The van der Waals surface area contributed by atoms with Gasteiger partial charge in [0.05, 0.1) is 5.56 Å². The minimum absolute atomic E-state index is 0.0220. The quantitative estimate of drug-likeness (QED) is 0.716. The lowest BCUT2D eigenvalue weighted by Gasteiger charge is -2.21. The summed E-state index contributed by atoms with van der Waals surface area (Å²) in [6.45, 7) is 0.146. The third-order valence-electron chi connectivity index (χ3n) is 3.24. The molecule has 2 atom stereocenters. The molecule has 0 radical (unpaired) electrons. The zero-order valence-electron chi connectivity index (χ0n) is 10.5. The summed E-state index contributed by atoms with van der Waals surface area (Å²) in [5.41, 5.74) is 5.82. The monoisotopic (exact) mass is 278 g/mol. The van der Waals surface area contributed by atoms with Crippen LogP contribution in [0.2, 0.25) is 0 Å². The number of aliphatic carboxylic acids is 1. The van der Waals surface area contributed by atoms with Crippen molar-refractivity contribution in [1.82, 2.24) is 4.90 Å². The zero-order valence-corrected chi connectivity index (χ0v) is 10.5. The number of carboxylic acid groups (broad SMARTS) is 2. The van der Waals surface area contributed by atoms with Gasteiger partial charge in [0.2, 0.25) is 0 Å². The molecule has 106 valence electrons. The lowest BCUT2D eigenvalue weighted by molar-refractivity contribution is -0.141. The molecule has 1 amide bonds. The standard InChI is InChI=1S/C13H14N2O5/c14-9-5-10(13(19)20)15(6-9)11(16)7-2-1-3-8(4-7)12(17)18/h1-4,9-10H,5-6,14H2,(H,17,18)(H,19,20). The first-order valence-electron chi connectivity index (χ1n) is 6.03. The number of nitrogens with two attached hydrogens (primary N) is 1. The number of benzene rings is 1. The highest BCUT2D eigenvalue weighted by atomic mass is 16.4. The number of hydrogen-bond acceptors (Lipinski definition) is 4. The highest BCUT2D eigenvalue weighted by molar-refractivity contribution is 5.99. The first kappa shape index (κ1) is 14.0. The molecule has 2 unspecified atom stereocenters. The van der Waals surface area contributed by atoms with Crippen molar-refractivity contribution in [1.29, 1.82) is 0 Å². The van der Waals surface area contributed by atoms with Crippen molar-refractivity contribution in [2.24, 2.45) is 5.73 Å². The van der Waals surface area contributed by atoms with Gasteiger partial charge >= 0.3 is 11.9 Å². The van der Waals surface area contributed by atoms with Gasteiger partial charge in [-0.2, -0.15) is 0 Å². The average Bonchev–Trinajstić information content (AvgIpc) is 2.80. The van der Waals surface area contributed by atoms with Crippen molar-refractivity contribution in [3.8, 4) is 0 Å². The van der Waals surface area contributed by atoms with Crippen molar-refractivity contribution in [2.45, 2.75) is 18.5 Å². The van der Waals surface area contributed by atoms with Gasteiger partial charge in [0.1, 0.15) is 6.04 Å². The number of nitrogens with zero attached hydrogens (tertiary/aromatic N) is 1. The fourth-order valence-electron chi connectivity index (χ4n) is 2.28. The van der Waals surface area contributed by atoms with E-state index in [1.165, 1.54) is 29.2 Å². The molecule has 1 saturated heterocycles. The Morgan fingerprint density at radius 1 is 1.20 bits per heavy atom. The summed E-state index contributed by atoms with van der Waals surface area (Å²) in [7, 11) is 0. The van der Waals surface area contributed by atoms with Crippen molar-refractivity contribution in [3.05, 3.63) is 35.4 Å². The predicted octanol–water partition coefficient (Wildman–Crippen LogP) is 0.0112. The second-order valence-electron chi connectivity index (χ2n) is 4.69. The van der Waals surface area contributed by atoms with E-state index in [-0.39, 0.29) is 30.1 Å². The molecular weight excluding hydrogens is 264 g/mol. The molecule has 0 bridgehead atoms. The fraction of sp³-hybridized carbons (Fsp3) is 0.308. The molecule has 1 aliphatic heterocycles. The number of hydrogen-bond donors (Lipinski definition) is 3. The number of aromatic carboxylic acids is 1. The predicted molar refractivity (Wildman–Crippen MR) is 68.5 cm³/mol. The van der Waals surface area contributed by atoms with Crippen molar-refractivity contribution in [2.75, 3.05) is 6.54 Å². The maximum Gasteiger partial charge on any atom is 0.335 e. The molecule has 20 heavy (non-hydrogen) atoms. The van der Waals surface area contributed by atoms with Crippen LogP contribution in [0.1, 0.15) is 27.1 Å². The van der Waals surface area contributed by atoms with E-state index >= 15 is 0 Å². The van der Waals surface area contributed by atoms with E-state index in [1.807, 2.05) is 0 Å². The number of likely N-dealkylation sites (tertiary alicyclic amines) is 1. The molecule has 0 aromatic heterocycles. The van der Waals surface area contributed by atoms with E-state index in [4.69, 9.17) is 15.9 Å². The molecule has 0 spiro atoms. The molecule has 7 heteroatoms. The van der Waals surface area contributed by atoms with Crippen LogP contribution >= 0.6 is 0 Å². The number of rotatable bonds is 3. The Kier molecular flexibility index (Phi) is 3.71. The van der Waals surface area contributed by atoms with Gasteiger partial charge in [0, 0.05) is 18.2 Å². The van der Waals surface area contributed by atoms with E-state index in [0.717, 1.165) is 0 Å². The second-order valence-corrected chi connectivity index (χ2v) is 4.69. The second kappa shape index (κ2) is 5.30. The van der Waals surface area contributed by atoms with Crippen LogP contribution in [0.5, 0.6) is 0 Å². The van der Waals surface area contributed by atoms with Gasteiger partial charge < -0.3 is 20.8 Å². The molecular formula is C13H14N2O5. The van der Waals surface area contributed by atoms with Gasteiger partial charge in [-0.15, -0.1) is 0 Å². The van der Waals surface area contributed by atoms with Crippen LogP contribution in [0.15, 0.2) is 24.3 Å². The summed E-state index contributed by atoms with van der Waals surface area (Å²) < 4.78 is 0. The summed E-state index contributed by atoms with van der Waals surface area (Å²) in [6, 6.07) is 4.14. The lowest BCUT2D eigenvalue weighted by Crippen LogP contribution is -2.40. The number of amides is 1. The Labute approximate surface area is 114 Å². The van der Waals surface area contributed by atoms with Crippen molar-refractivity contribution < 1.29 is 24.6 Å². The molecule has 1 aliphatic rings. The van der Waals surface area contributed by atoms with E-state index < -0.39 is 23.9 Å². The first-order chi connectivity index (χ1) is 9.40. The summed E-state index contributed by atoms with van der Waals surface area (Å²) in [4.78, 5) is 35.5. The molecule has 1 aromatic rings. The molecule has 7 nitrogen and oxygen atoms in total. The Bertz CT molecular complexity index is 572. The minimum atomic E-state index is -1.15. The Hall–Kier alpha value is -2.41. The molecule has 1 heterocycles. The number of carbonyl (C=O) groups is 3. The number of carbonyl (C=O) groups excluding carboxylic acids is 1. The highest BCUT2D eigenvalue weighted by Gasteiger charge is 2.38. The van der Waals surface area contributed by atoms with Crippen LogP contribution in [-0.4, -0.2) is 51.6 Å². The van der Waals surface area contributed by atoms with E-state index in [1.54, 1.807) is 0 Å². The van der Waals surface area contributed by atoms with Crippen molar-refractivity contribution >= 4 is 17.8 Å². The van der Waals surface area contributed by atoms with Crippen LogP contribution in [0.25, 0.3) is 0 Å². The Balaban J connectivity index is 2.28. The van der Waals surface area contributed by atoms with Crippen molar-refractivity contribution in [3.63, 3.8) is 0 Å². The van der Waals surface area contributed by atoms with Gasteiger partial charge in [0.25, 0.3) is 5.91 Å². The largest absolute Gasteiger partial charge is 0.480 e. The van der Waals surface area contributed by atoms with E-state index in [2.05, 4.69) is 0 Å². The van der Waals surface area contributed by atoms with Gasteiger partial charge in [-0.25, -0.2) is 9.59 Å². The van der Waals surface area contributed by atoms with Gasteiger partial charge in [-0.3, -0.25) is 4.79 Å². The van der Waals surface area contributed by atoms with Crippen LogP contribution in [-0.2, 0) is 4.79 Å². The van der Waals surface area contributed by atoms with Crippen LogP contribution < -0.4 is 5.73 Å². The third kappa shape index (κ3) is 2.62. The summed E-state index contributed by atoms with van der Waals surface area (Å²) in [5.74, 6) is -2.78. The SMILES string of the molecule is NC1CC(C(=O)O)N(C(=O)c2cccc(C(=O)O)c2)C1. The average molecular weight is 278 g/mol. The summed E-state index contributed by atoms with van der Waals surface area (Å²) in [6.07, 6.45) is 0.194. The Morgan fingerprint density at radius 3 is 2.45 bits per heavy atom. The van der Waals surface area contributed by atoms with E-state index in [9.17, 15) is 14.4 Å². The summed E-state index contributed by atoms with van der Waals surface area (Å²) in [5, 5.41) is 18.0. The third-order valence-corrected chi connectivity index (χ3v) is 3.24. The molecule has 0 aliphatic carbocycles. The van der Waals surface area contributed by atoms with Gasteiger partial charge in [-0.1, -0.05) is 6.07 Å². The molecule has 1 aromatic carbocycles. The zero-order chi connectivity index (χ0) is 14.9. The molecule has 1 fully saturated rings. The van der Waals surface area contributed by atoms with Crippen LogP contribution in [0.3, 0.4) is 0 Å². The fourth-order valence-corrected chi connectivity index (χ4v) is 2.28. The van der Waals surface area contributed by atoms with Crippen LogP contribution in [0.4, 0.5) is 0 Å².